The molecule has 3 aromatic rings. The van der Waals surface area contributed by atoms with Crippen molar-refractivity contribution in [2.24, 2.45) is 5.92 Å². The number of anilines is 2. The molecule has 12 heteroatoms. The van der Waals surface area contributed by atoms with E-state index >= 15 is 0 Å². The number of nitro benzene ring substituents is 1. The first-order chi connectivity index (χ1) is 18.1. The largest absolute Gasteiger partial charge is 0.426 e. The number of ether oxygens (including phenoxy) is 1. The SMILES string of the molecule is Cc1cc(OC(=O)[C@@H]2CC(=O)N(c3cccc(Cl)c3Cl)C2)ccc1N1C(=O)c2cccc([N+](=O)[O-])c2C1=O. The van der Waals surface area contributed by atoms with Crippen LogP contribution in [-0.4, -0.2) is 35.2 Å². The van der Waals surface area contributed by atoms with E-state index in [1.165, 1.54) is 35.2 Å². The summed E-state index contributed by atoms with van der Waals surface area (Å²) in [4.78, 5) is 64.3. The van der Waals surface area contributed by atoms with Gasteiger partial charge in [0.15, 0.2) is 0 Å². The van der Waals surface area contributed by atoms with Crippen LogP contribution in [0.15, 0.2) is 54.6 Å². The van der Waals surface area contributed by atoms with Crippen LogP contribution in [0.2, 0.25) is 10.0 Å². The third kappa shape index (κ3) is 4.17. The minimum atomic E-state index is -0.811. The lowest BCUT2D eigenvalue weighted by atomic mass is 10.1. The maximum Gasteiger partial charge on any atom is 0.316 e. The van der Waals surface area contributed by atoms with Gasteiger partial charge in [0.1, 0.15) is 11.3 Å². The van der Waals surface area contributed by atoms with Crippen molar-refractivity contribution in [3.63, 3.8) is 0 Å². The predicted molar refractivity (Wildman–Crippen MR) is 138 cm³/mol. The number of nitrogens with zero attached hydrogens (tertiary/aromatic N) is 3. The van der Waals surface area contributed by atoms with Crippen molar-refractivity contribution in [2.45, 2.75) is 13.3 Å². The van der Waals surface area contributed by atoms with E-state index in [4.69, 9.17) is 27.9 Å². The maximum atomic E-state index is 13.0. The summed E-state index contributed by atoms with van der Waals surface area (Å²) >= 11 is 12.3. The fourth-order valence-electron chi connectivity index (χ4n) is 4.58. The van der Waals surface area contributed by atoms with Crippen molar-refractivity contribution in [3.8, 4) is 5.75 Å². The molecule has 1 fully saturated rings. The zero-order chi connectivity index (χ0) is 27.3. The first kappa shape index (κ1) is 25.4. The number of aryl methyl sites for hydroxylation is 1. The lowest BCUT2D eigenvalue weighted by molar-refractivity contribution is -0.385. The minimum absolute atomic E-state index is 0.0581. The topological polar surface area (TPSA) is 127 Å². The number of hydrogen-bond acceptors (Lipinski definition) is 7. The molecule has 192 valence electrons. The van der Waals surface area contributed by atoms with E-state index in [2.05, 4.69) is 0 Å². The third-order valence-electron chi connectivity index (χ3n) is 6.40. The third-order valence-corrected chi connectivity index (χ3v) is 7.21. The number of fused-ring (bicyclic) bond motifs is 1. The van der Waals surface area contributed by atoms with Crippen molar-refractivity contribution in [1.82, 2.24) is 0 Å². The Morgan fingerprint density at radius 1 is 1.03 bits per heavy atom. The van der Waals surface area contributed by atoms with E-state index < -0.39 is 34.3 Å². The Labute approximate surface area is 225 Å². The van der Waals surface area contributed by atoms with E-state index in [1.54, 1.807) is 25.1 Å². The van der Waals surface area contributed by atoms with Crippen LogP contribution in [0.25, 0.3) is 0 Å². The molecule has 0 aliphatic carbocycles. The van der Waals surface area contributed by atoms with Gasteiger partial charge in [-0.2, -0.15) is 0 Å². The lowest BCUT2D eigenvalue weighted by Crippen LogP contribution is -2.30. The fourth-order valence-corrected chi connectivity index (χ4v) is 4.98. The molecule has 2 aliphatic heterocycles. The zero-order valence-corrected chi connectivity index (χ0v) is 21.2. The summed E-state index contributed by atoms with van der Waals surface area (Å²) in [5.74, 6) is -3.05. The number of benzene rings is 3. The summed E-state index contributed by atoms with van der Waals surface area (Å²) in [7, 11) is 0. The number of halogens is 2. The summed E-state index contributed by atoms with van der Waals surface area (Å²) in [6.07, 6.45) is -0.0768. The van der Waals surface area contributed by atoms with E-state index in [-0.39, 0.29) is 51.5 Å². The van der Waals surface area contributed by atoms with E-state index in [0.717, 1.165) is 11.0 Å². The van der Waals surface area contributed by atoms with Crippen molar-refractivity contribution in [3.05, 3.63) is 91.4 Å². The van der Waals surface area contributed by atoms with Gasteiger partial charge in [-0.25, -0.2) is 4.90 Å². The average Bonchev–Trinajstić information content (AvgIpc) is 3.38. The van der Waals surface area contributed by atoms with Crippen LogP contribution in [0, 0.1) is 23.0 Å². The molecule has 3 amide bonds. The maximum absolute atomic E-state index is 13.0. The summed E-state index contributed by atoms with van der Waals surface area (Å²) in [6.45, 7) is 1.66. The molecule has 0 aromatic heterocycles. The van der Waals surface area contributed by atoms with Gasteiger partial charge in [0.25, 0.3) is 17.5 Å². The Hall–Kier alpha value is -4.28. The molecule has 0 bridgehead atoms. The van der Waals surface area contributed by atoms with Crippen LogP contribution in [-0.2, 0) is 9.59 Å². The highest BCUT2D eigenvalue weighted by Gasteiger charge is 2.42. The second-order valence-corrected chi connectivity index (χ2v) is 9.54. The molecule has 10 nitrogen and oxygen atoms in total. The average molecular weight is 554 g/mol. The molecule has 1 atom stereocenters. The molecule has 0 N–H and O–H groups in total. The number of carbonyl (C=O) groups excluding carboxylic acids is 4. The number of carbonyl (C=O) groups is 4. The van der Waals surface area contributed by atoms with Gasteiger partial charge in [-0.05, 0) is 48.9 Å². The molecule has 0 radical (unpaired) electrons. The molecular weight excluding hydrogens is 537 g/mol. The lowest BCUT2D eigenvalue weighted by Gasteiger charge is -2.19. The molecule has 0 unspecified atom stereocenters. The molecule has 0 spiro atoms. The summed E-state index contributed by atoms with van der Waals surface area (Å²) in [5, 5.41) is 11.9. The van der Waals surface area contributed by atoms with Gasteiger partial charge < -0.3 is 9.64 Å². The normalized spacial score (nSPS) is 16.7. The molecular formula is C26H17Cl2N3O7. The highest BCUT2D eigenvalue weighted by atomic mass is 35.5. The van der Waals surface area contributed by atoms with Crippen molar-refractivity contribution >= 4 is 64.0 Å². The van der Waals surface area contributed by atoms with Crippen LogP contribution in [0.3, 0.4) is 0 Å². The Balaban J connectivity index is 1.33. The first-order valence-corrected chi connectivity index (χ1v) is 12.1. The minimum Gasteiger partial charge on any atom is -0.426 e. The van der Waals surface area contributed by atoms with Gasteiger partial charge in [-0.1, -0.05) is 35.3 Å². The van der Waals surface area contributed by atoms with Crippen molar-refractivity contribution in [1.29, 1.82) is 0 Å². The predicted octanol–water partition coefficient (Wildman–Crippen LogP) is 4.97. The van der Waals surface area contributed by atoms with E-state index in [9.17, 15) is 29.3 Å². The molecule has 5 rings (SSSR count). The number of esters is 1. The Kier molecular flexibility index (Phi) is 6.38. The number of imide groups is 1. The van der Waals surface area contributed by atoms with Crippen LogP contribution in [0.1, 0.15) is 32.7 Å². The molecule has 38 heavy (non-hydrogen) atoms. The Morgan fingerprint density at radius 2 is 1.76 bits per heavy atom. The second-order valence-electron chi connectivity index (χ2n) is 8.75. The van der Waals surface area contributed by atoms with Gasteiger partial charge >= 0.3 is 5.97 Å². The molecule has 3 aromatic carbocycles. The monoisotopic (exact) mass is 553 g/mol. The van der Waals surface area contributed by atoms with Gasteiger partial charge in [0, 0.05) is 19.0 Å². The highest BCUT2D eigenvalue weighted by Crippen LogP contribution is 2.38. The van der Waals surface area contributed by atoms with Crippen LogP contribution in [0.5, 0.6) is 5.75 Å². The number of nitro groups is 1. The Bertz CT molecular complexity index is 1570. The van der Waals surface area contributed by atoms with E-state index in [0.29, 0.717) is 11.3 Å². The number of hydrogen-bond donors (Lipinski definition) is 0. The zero-order valence-electron chi connectivity index (χ0n) is 19.6. The number of rotatable bonds is 5. The molecule has 1 saturated heterocycles. The van der Waals surface area contributed by atoms with Gasteiger partial charge in [0.05, 0.1) is 37.8 Å². The van der Waals surface area contributed by atoms with Gasteiger partial charge in [-0.15, -0.1) is 0 Å². The Morgan fingerprint density at radius 3 is 2.47 bits per heavy atom. The standard InChI is InChI=1S/C26H17Cl2N3O7/c1-13-10-15(38-26(35)14-11-21(32)29(12-14)20-7-3-5-17(27)23(20)28)8-9-18(13)30-24(33)16-4-2-6-19(31(36)37)22(16)25(30)34/h2-10,14H,11-12H2,1H3/t14-/m1/s1. The summed E-state index contributed by atoms with van der Waals surface area (Å²) < 4.78 is 5.49. The molecule has 2 heterocycles. The smallest absolute Gasteiger partial charge is 0.316 e. The van der Waals surface area contributed by atoms with Gasteiger partial charge in [-0.3, -0.25) is 29.3 Å². The van der Waals surface area contributed by atoms with Gasteiger partial charge in [0.2, 0.25) is 5.91 Å². The summed E-state index contributed by atoms with van der Waals surface area (Å²) in [6, 6.07) is 13.0. The van der Waals surface area contributed by atoms with Crippen molar-refractivity contribution < 1.29 is 28.8 Å². The fraction of sp³-hybridized carbons (Fsp3) is 0.154. The molecule has 0 saturated carbocycles. The van der Waals surface area contributed by atoms with Crippen LogP contribution in [0.4, 0.5) is 17.1 Å². The first-order valence-electron chi connectivity index (χ1n) is 11.3. The summed E-state index contributed by atoms with van der Waals surface area (Å²) in [5.41, 5.74) is 0.235. The van der Waals surface area contributed by atoms with E-state index in [1.807, 2.05) is 0 Å². The second kappa shape index (κ2) is 9.55. The van der Waals surface area contributed by atoms with Crippen molar-refractivity contribution in [2.75, 3.05) is 16.3 Å². The quantitative estimate of drug-likeness (QED) is 0.143. The highest BCUT2D eigenvalue weighted by molar-refractivity contribution is 6.44. The van der Waals surface area contributed by atoms with Crippen LogP contribution >= 0.6 is 23.2 Å². The van der Waals surface area contributed by atoms with Crippen LogP contribution < -0.4 is 14.5 Å². The molecule has 2 aliphatic rings. The number of amides is 3.